The number of hydrogen-bond acceptors (Lipinski definition) is 7. The zero-order valence-electron chi connectivity index (χ0n) is 12.7. The predicted molar refractivity (Wildman–Crippen MR) is 92.0 cm³/mol. The summed E-state index contributed by atoms with van der Waals surface area (Å²) < 4.78 is 39.7. The number of benzene rings is 1. The summed E-state index contributed by atoms with van der Waals surface area (Å²) in [7, 11) is -3.77. The van der Waals surface area contributed by atoms with Gasteiger partial charge >= 0.3 is 0 Å². The van der Waals surface area contributed by atoms with Gasteiger partial charge in [-0.1, -0.05) is 29.5 Å². The van der Waals surface area contributed by atoms with Crippen LogP contribution in [0.25, 0.3) is 0 Å². The number of sulfonamides is 1. The average Bonchev–Trinajstić information content (AvgIpc) is 2.97. The maximum atomic E-state index is 13.4. The molecule has 130 valence electrons. The Bertz CT molecular complexity index is 810. The molecule has 1 aromatic carbocycles. The quantitative estimate of drug-likeness (QED) is 0.527. The van der Waals surface area contributed by atoms with E-state index in [1.54, 1.807) is 18.2 Å². The van der Waals surface area contributed by atoms with Gasteiger partial charge < -0.3 is 5.32 Å². The van der Waals surface area contributed by atoms with Crippen molar-refractivity contribution < 1.29 is 17.6 Å². The monoisotopic (exact) mass is 390 g/mol. The largest absolute Gasteiger partial charge is 0.301 e. The van der Waals surface area contributed by atoms with E-state index in [1.807, 2.05) is 0 Å². The highest BCUT2D eigenvalue weighted by Crippen LogP contribution is 2.20. The average molecular weight is 390 g/mol. The summed E-state index contributed by atoms with van der Waals surface area (Å²) in [6, 6.07) is 6.46. The van der Waals surface area contributed by atoms with Gasteiger partial charge in [-0.2, -0.15) is 11.8 Å². The molecule has 0 aliphatic rings. The normalized spacial score (nSPS) is 11.4. The number of carbonyl (C=O) groups excluding carboxylic acids is 1. The second-order valence-electron chi connectivity index (χ2n) is 4.60. The van der Waals surface area contributed by atoms with Crippen molar-refractivity contribution >= 4 is 44.2 Å². The second kappa shape index (κ2) is 8.51. The van der Waals surface area contributed by atoms with Crippen molar-refractivity contribution in [1.29, 1.82) is 0 Å². The molecule has 2 N–H and O–H groups in total. The van der Waals surface area contributed by atoms with Gasteiger partial charge in [-0.3, -0.25) is 4.79 Å². The first-order chi connectivity index (χ1) is 11.4. The molecular formula is C13H15FN4O3S3. The zero-order valence-corrected chi connectivity index (χ0v) is 15.1. The molecule has 7 nitrogen and oxygen atoms in total. The van der Waals surface area contributed by atoms with Crippen molar-refractivity contribution in [1.82, 2.24) is 14.9 Å². The van der Waals surface area contributed by atoms with E-state index in [1.165, 1.54) is 24.8 Å². The third kappa shape index (κ3) is 5.51. The molecule has 1 amide bonds. The summed E-state index contributed by atoms with van der Waals surface area (Å²) in [5, 5.41) is 9.63. The molecule has 0 radical (unpaired) electrons. The molecule has 2 aromatic rings. The van der Waals surface area contributed by atoms with Crippen LogP contribution in [-0.2, 0) is 20.6 Å². The Balaban J connectivity index is 1.79. The topological polar surface area (TPSA) is 101 Å². The lowest BCUT2D eigenvalue weighted by atomic mass is 10.2. The minimum Gasteiger partial charge on any atom is -0.301 e. The van der Waals surface area contributed by atoms with Crippen LogP contribution in [0.15, 0.2) is 28.6 Å². The van der Waals surface area contributed by atoms with Gasteiger partial charge in [-0.15, -0.1) is 10.2 Å². The van der Waals surface area contributed by atoms with Crippen LogP contribution in [0.2, 0.25) is 0 Å². The minimum atomic E-state index is -3.77. The van der Waals surface area contributed by atoms with Crippen LogP contribution in [-0.4, -0.2) is 36.8 Å². The second-order valence-corrected chi connectivity index (χ2v) is 8.62. The summed E-state index contributed by atoms with van der Waals surface area (Å²) in [6.07, 6.45) is 0. The molecule has 0 aliphatic carbocycles. The van der Waals surface area contributed by atoms with E-state index in [4.69, 9.17) is 0 Å². The van der Waals surface area contributed by atoms with Gasteiger partial charge in [0, 0.05) is 25.0 Å². The van der Waals surface area contributed by atoms with Crippen molar-refractivity contribution in [2.75, 3.05) is 17.6 Å². The van der Waals surface area contributed by atoms with E-state index in [2.05, 4.69) is 20.2 Å². The third-order valence-corrected chi connectivity index (χ3v) is 6.35. The van der Waals surface area contributed by atoms with Crippen LogP contribution in [0.4, 0.5) is 9.52 Å². The lowest BCUT2D eigenvalue weighted by Gasteiger charge is -2.04. The molecule has 0 atom stereocenters. The van der Waals surface area contributed by atoms with Crippen LogP contribution in [0.5, 0.6) is 0 Å². The van der Waals surface area contributed by atoms with E-state index in [0.29, 0.717) is 17.1 Å². The minimum absolute atomic E-state index is 0.122. The number of carbonyl (C=O) groups is 1. The van der Waals surface area contributed by atoms with Crippen molar-refractivity contribution in [3.8, 4) is 0 Å². The number of rotatable bonds is 8. The van der Waals surface area contributed by atoms with Crippen LogP contribution in [0.3, 0.4) is 0 Å². The Hall–Kier alpha value is -1.56. The van der Waals surface area contributed by atoms with Crippen LogP contribution < -0.4 is 10.0 Å². The summed E-state index contributed by atoms with van der Waals surface area (Å²) in [5.41, 5.74) is 0.578. The van der Waals surface area contributed by atoms with E-state index < -0.39 is 10.0 Å². The maximum absolute atomic E-state index is 13.4. The summed E-state index contributed by atoms with van der Waals surface area (Å²) in [5.74, 6) is 0.308. The number of amides is 1. The molecule has 1 aromatic heterocycles. The first-order valence-electron chi connectivity index (χ1n) is 6.80. The first-order valence-corrected chi connectivity index (χ1v) is 10.3. The molecule has 0 bridgehead atoms. The smallest absolute Gasteiger partial charge is 0.269 e. The fourth-order valence-electron chi connectivity index (χ4n) is 1.63. The summed E-state index contributed by atoms with van der Waals surface area (Å²) in [6.45, 7) is 1.47. The van der Waals surface area contributed by atoms with E-state index in [9.17, 15) is 17.6 Å². The Morgan fingerprint density at radius 1 is 1.33 bits per heavy atom. The van der Waals surface area contributed by atoms with Crippen molar-refractivity contribution in [2.24, 2.45) is 0 Å². The number of aromatic nitrogens is 2. The van der Waals surface area contributed by atoms with Gasteiger partial charge in [-0.25, -0.2) is 17.5 Å². The van der Waals surface area contributed by atoms with E-state index >= 15 is 0 Å². The van der Waals surface area contributed by atoms with Crippen molar-refractivity contribution in [3.63, 3.8) is 0 Å². The fourth-order valence-corrected chi connectivity index (χ4v) is 4.62. The molecule has 24 heavy (non-hydrogen) atoms. The highest BCUT2D eigenvalue weighted by molar-refractivity contribution is 7.98. The van der Waals surface area contributed by atoms with Gasteiger partial charge in [0.2, 0.25) is 15.4 Å². The Kier molecular flexibility index (Phi) is 6.66. The number of hydrogen-bond donors (Lipinski definition) is 2. The van der Waals surface area contributed by atoms with Gasteiger partial charge in [0.15, 0.2) is 0 Å². The van der Waals surface area contributed by atoms with Crippen molar-refractivity contribution in [3.05, 3.63) is 35.6 Å². The van der Waals surface area contributed by atoms with Crippen LogP contribution in [0.1, 0.15) is 12.5 Å². The number of anilines is 1. The maximum Gasteiger partial charge on any atom is 0.269 e. The number of nitrogens with zero attached hydrogens (tertiary/aromatic N) is 2. The third-order valence-electron chi connectivity index (χ3n) is 2.67. The lowest BCUT2D eigenvalue weighted by Crippen LogP contribution is -2.26. The molecule has 0 saturated carbocycles. The highest BCUT2D eigenvalue weighted by atomic mass is 32.2. The molecule has 2 rings (SSSR count). The van der Waals surface area contributed by atoms with Crippen LogP contribution in [0, 0.1) is 5.82 Å². The number of nitrogens with one attached hydrogen (secondary N) is 2. The fraction of sp³-hybridized carbons (Fsp3) is 0.308. The molecule has 1 heterocycles. The SMILES string of the molecule is CC(=O)Nc1nnc(S(=O)(=O)NCCSCc2ccccc2F)s1. The molecule has 0 aliphatic heterocycles. The molecular weight excluding hydrogens is 375 g/mol. The summed E-state index contributed by atoms with van der Waals surface area (Å²) >= 11 is 2.18. The lowest BCUT2D eigenvalue weighted by molar-refractivity contribution is -0.114. The molecule has 0 fully saturated rings. The highest BCUT2D eigenvalue weighted by Gasteiger charge is 2.19. The predicted octanol–water partition coefficient (Wildman–Crippen LogP) is 1.85. The zero-order chi connectivity index (χ0) is 17.6. The molecule has 0 spiro atoms. The van der Waals surface area contributed by atoms with Crippen molar-refractivity contribution in [2.45, 2.75) is 17.0 Å². The number of thioether (sulfide) groups is 1. The number of halogens is 1. The summed E-state index contributed by atoms with van der Waals surface area (Å²) in [4.78, 5) is 10.9. The van der Waals surface area contributed by atoms with Gasteiger partial charge in [0.1, 0.15) is 5.82 Å². The molecule has 0 saturated heterocycles. The molecule has 11 heteroatoms. The van der Waals surface area contributed by atoms with Gasteiger partial charge in [-0.05, 0) is 11.6 Å². The van der Waals surface area contributed by atoms with Crippen LogP contribution >= 0.6 is 23.1 Å². The van der Waals surface area contributed by atoms with Gasteiger partial charge in [0.25, 0.3) is 10.0 Å². The van der Waals surface area contributed by atoms with E-state index in [0.717, 1.165) is 11.3 Å². The van der Waals surface area contributed by atoms with Gasteiger partial charge in [0.05, 0.1) is 0 Å². The first kappa shape index (κ1) is 18.8. The Morgan fingerprint density at radius 2 is 2.08 bits per heavy atom. The van der Waals surface area contributed by atoms with E-state index in [-0.39, 0.29) is 27.7 Å². The molecule has 0 unspecified atom stereocenters. The Labute approximate surface area is 147 Å². The Morgan fingerprint density at radius 3 is 2.79 bits per heavy atom. The standard InChI is InChI=1S/C13H15FN4O3S3/c1-9(19)16-12-17-18-13(23-12)24(20,21)15-6-7-22-8-10-4-2-3-5-11(10)14/h2-5,15H,6-8H2,1H3,(H,16,17,19).